The number of benzene rings is 2. The first-order valence-corrected chi connectivity index (χ1v) is 5.08. The SMILES string of the molecule is Nc1cc(N)cc(O)c1.Nc1cccc(O)c1N. The first-order chi connectivity index (χ1) is 8.40. The molecule has 0 fully saturated rings. The quantitative estimate of drug-likeness (QED) is 0.304. The van der Waals surface area contributed by atoms with Gasteiger partial charge in [0, 0.05) is 23.5 Å². The molecule has 6 heteroatoms. The lowest BCUT2D eigenvalue weighted by atomic mass is 10.2. The minimum atomic E-state index is 0.0370. The van der Waals surface area contributed by atoms with Crippen molar-refractivity contribution in [3.8, 4) is 11.5 Å². The molecular weight excluding hydrogens is 232 g/mol. The Balaban J connectivity index is 0.000000180. The van der Waals surface area contributed by atoms with Crippen LogP contribution in [0.5, 0.6) is 11.5 Å². The monoisotopic (exact) mass is 248 g/mol. The van der Waals surface area contributed by atoms with Crippen molar-refractivity contribution in [3.05, 3.63) is 36.4 Å². The van der Waals surface area contributed by atoms with E-state index in [2.05, 4.69) is 0 Å². The molecule has 0 aromatic heterocycles. The lowest BCUT2D eigenvalue weighted by Gasteiger charge is -1.99. The third-order valence-electron chi connectivity index (χ3n) is 2.08. The summed E-state index contributed by atoms with van der Waals surface area (Å²) in [6, 6.07) is 9.23. The van der Waals surface area contributed by atoms with Gasteiger partial charge in [-0.05, 0) is 18.2 Å². The summed E-state index contributed by atoms with van der Waals surface area (Å²) < 4.78 is 0. The average Bonchev–Trinajstić information content (AvgIpc) is 2.24. The van der Waals surface area contributed by atoms with E-state index in [0.29, 0.717) is 17.1 Å². The number of rotatable bonds is 0. The predicted octanol–water partition coefficient (Wildman–Crippen LogP) is 1.11. The summed E-state index contributed by atoms with van der Waals surface area (Å²) >= 11 is 0. The molecule has 0 saturated heterocycles. The van der Waals surface area contributed by atoms with E-state index in [1.807, 2.05) is 0 Å². The summed E-state index contributed by atoms with van der Waals surface area (Å²) in [5.41, 5.74) is 22.9. The number of aromatic hydroxyl groups is 2. The molecule has 10 N–H and O–H groups in total. The van der Waals surface area contributed by atoms with Crippen molar-refractivity contribution < 1.29 is 10.2 Å². The molecule has 18 heavy (non-hydrogen) atoms. The van der Waals surface area contributed by atoms with E-state index in [1.165, 1.54) is 18.2 Å². The molecule has 0 atom stereocenters. The molecule has 2 aromatic carbocycles. The number of para-hydroxylation sites is 1. The third kappa shape index (κ3) is 3.67. The smallest absolute Gasteiger partial charge is 0.140 e. The van der Waals surface area contributed by atoms with E-state index in [9.17, 15) is 0 Å². The fraction of sp³-hybridized carbons (Fsp3) is 0. The maximum absolute atomic E-state index is 8.90. The van der Waals surface area contributed by atoms with E-state index in [-0.39, 0.29) is 17.2 Å². The lowest BCUT2D eigenvalue weighted by molar-refractivity contribution is 0.476. The summed E-state index contributed by atoms with van der Waals surface area (Å²) in [6.45, 7) is 0. The molecule has 2 rings (SSSR count). The second kappa shape index (κ2) is 5.53. The highest BCUT2D eigenvalue weighted by molar-refractivity contribution is 5.69. The van der Waals surface area contributed by atoms with Crippen molar-refractivity contribution in [2.45, 2.75) is 0 Å². The molecule has 0 heterocycles. The molecule has 0 bridgehead atoms. The minimum absolute atomic E-state index is 0.0370. The molecule has 0 amide bonds. The Morgan fingerprint density at radius 3 is 1.72 bits per heavy atom. The summed E-state index contributed by atoms with van der Waals surface area (Å²) in [7, 11) is 0. The first-order valence-electron chi connectivity index (χ1n) is 5.08. The Hall–Kier alpha value is -2.76. The van der Waals surface area contributed by atoms with Crippen LogP contribution in [-0.4, -0.2) is 10.2 Å². The zero-order valence-corrected chi connectivity index (χ0v) is 9.67. The van der Waals surface area contributed by atoms with Gasteiger partial charge in [0.1, 0.15) is 11.5 Å². The lowest BCUT2D eigenvalue weighted by Crippen LogP contribution is -1.93. The summed E-state index contributed by atoms with van der Waals surface area (Å²) in [4.78, 5) is 0. The topological polar surface area (TPSA) is 145 Å². The molecule has 0 aliphatic heterocycles. The summed E-state index contributed by atoms with van der Waals surface area (Å²) in [5, 5.41) is 17.7. The Morgan fingerprint density at radius 1 is 0.778 bits per heavy atom. The Morgan fingerprint density at radius 2 is 1.33 bits per heavy atom. The van der Waals surface area contributed by atoms with Crippen LogP contribution in [-0.2, 0) is 0 Å². The van der Waals surface area contributed by atoms with Crippen molar-refractivity contribution in [2.24, 2.45) is 0 Å². The standard InChI is InChI=1S/2C6H8N2O/c7-4-1-5(8)3-6(9)2-4;7-4-2-1-3-5(9)6(4)8/h2*1-3,9H,7-8H2. The zero-order chi connectivity index (χ0) is 13.7. The van der Waals surface area contributed by atoms with Gasteiger partial charge in [-0.3, -0.25) is 0 Å². The number of hydrogen-bond donors (Lipinski definition) is 6. The van der Waals surface area contributed by atoms with Gasteiger partial charge in [0.2, 0.25) is 0 Å². The van der Waals surface area contributed by atoms with Crippen molar-refractivity contribution in [3.63, 3.8) is 0 Å². The second-order valence-electron chi connectivity index (χ2n) is 3.64. The Labute approximate surface area is 104 Å². The van der Waals surface area contributed by atoms with E-state index in [1.54, 1.807) is 18.2 Å². The number of anilines is 4. The van der Waals surface area contributed by atoms with Crippen LogP contribution in [0.1, 0.15) is 0 Å². The van der Waals surface area contributed by atoms with Crippen molar-refractivity contribution in [2.75, 3.05) is 22.9 Å². The number of nitrogen functional groups attached to an aromatic ring is 4. The van der Waals surface area contributed by atoms with Crippen LogP contribution in [0.15, 0.2) is 36.4 Å². The normalized spacial score (nSPS) is 9.33. The second-order valence-corrected chi connectivity index (χ2v) is 3.64. The molecule has 0 radical (unpaired) electrons. The van der Waals surface area contributed by atoms with Gasteiger partial charge in [-0.25, -0.2) is 0 Å². The highest BCUT2D eigenvalue weighted by atomic mass is 16.3. The summed E-state index contributed by atoms with van der Waals surface area (Å²) in [6.07, 6.45) is 0. The molecule has 0 aliphatic rings. The zero-order valence-electron chi connectivity index (χ0n) is 9.67. The van der Waals surface area contributed by atoms with E-state index < -0.39 is 0 Å². The number of hydrogen-bond acceptors (Lipinski definition) is 6. The van der Waals surface area contributed by atoms with Crippen LogP contribution >= 0.6 is 0 Å². The van der Waals surface area contributed by atoms with Crippen LogP contribution in [0.3, 0.4) is 0 Å². The van der Waals surface area contributed by atoms with Gasteiger partial charge < -0.3 is 33.1 Å². The van der Waals surface area contributed by atoms with E-state index in [4.69, 9.17) is 33.1 Å². The predicted molar refractivity (Wildman–Crippen MR) is 73.9 cm³/mol. The van der Waals surface area contributed by atoms with Crippen molar-refractivity contribution in [1.29, 1.82) is 0 Å². The number of phenolic OH excluding ortho intramolecular Hbond substituents is 2. The van der Waals surface area contributed by atoms with E-state index in [0.717, 1.165) is 0 Å². The molecule has 0 spiro atoms. The Kier molecular flexibility index (Phi) is 4.09. The van der Waals surface area contributed by atoms with Gasteiger partial charge in [-0.15, -0.1) is 0 Å². The maximum atomic E-state index is 8.90. The molecule has 96 valence electrons. The van der Waals surface area contributed by atoms with Gasteiger partial charge in [0.25, 0.3) is 0 Å². The van der Waals surface area contributed by atoms with Gasteiger partial charge >= 0.3 is 0 Å². The van der Waals surface area contributed by atoms with Crippen LogP contribution in [0.2, 0.25) is 0 Å². The number of nitrogens with two attached hydrogens (primary N) is 4. The maximum Gasteiger partial charge on any atom is 0.140 e. The van der Waals surface area contributed by atoms with Gasteiger partial charge in [0.05, 0.1) is 11.4 Å². The molecule has 0 unspecified atom stereocenters. The highest BCUT2D eigenvalue weighted by Crippen LogP contribution is 2.24. The Bertz CT molecular complexity index is 473. The van der Waals surface area contributed by atoms with Crippen LogP contribution in [0, 0.1) is 0 Å². The van der Waals surface area contributed by atoms with Crippen LogP contribution in [0.4, 0.5) is 22.7 Å². The number of phenols is 2. The van der Waals surface area contributed by atoms with E-state index >= 15 is 0 Å². The first kappa shape index (κ1) is 13.3. The molecule has 2 aromatic rings. The minimum Gasteiger partial charge on any atom is -0.508 e. The summed E-state index contributed by atoms with van der Waals surface area (Å²) in [5.74, 6) is 0.141. The molecular formula is C12H16N4O2. The van der Waals surface area contributed by atoms with Crippen LogP contribution in [0.25, 0.3) is 0 Å². The molecule has 6 nitrogen and oxygen atoms in total. The van der Waals surface area contributed by atoms with Gasteiger partial charge in [-0.2, -0.15) is 0 Å². The van der Waals surface area contributed by atoms with Gasteiger partial charge in [0.15, 0.2) is 0 Å². The van der Waals surface area contributed by atoms with Crippen molar-refractivity contribution >= 4 is 22.7 Å². The third-order valence-corrected chi connectivity index (χ3v) is 2.08. The van der Waals surface area contributed by atoms with Crippen molar-refractivity contribution in [1.82, 2.24) is 0 Å². The largest absolute Gasteiger partial charge is 0.508 e. The molecule has 0 aliphatic carbocycles. The highest BCUT2D eigenvalue weighted by Gasteiger charge is 1.96. The van der Waals surface area contributed by atoms with Gasteiger partial charge in [-0.1, -0.05) is 6.07 Å². The van der Waals surface area contributed by atoms with Crippen LogP contribution < -0.4 is 22.9 Å². The molecule has 0 saturated carbocycles. The fourth-order valence-corrected chi connectivity index (χ4v) is 1.23. The average molecular weight is 248 g/mol. The fourth-order valence-electron chi connectivity index (χ4n) is 1.23.